The first-order chi connectivity index (χ1) is 32.9. The molecule has 9 rings (SSSR count). The van der Waals surface area contributed by atoms with Gasteiger partial charge in [0.05, 0.1) is 38.0 Å². The van der Waals surface area contributed by atoms with E-state index in [1.165, 1.54) is 62.5 Å². The fraction of sp³-hybridized carbons (Fsp3) is 0.633. The lowest BCUT2D eigenvalue weighted by molar-refractivity contribution is -0.241. The molecule has 0 radical (unpaired) electrons. The Hall–Kier alpha value is -6.54. The molecule has 5 aliphatic carbocycles. The Morgan fingerprint density at radius 1 is 0.729 bits per heavy atom. The molecule has 10 atom stereocenters. The molecular weight excluding hydrogens is 905 g/mol. The molecule has 21 heteroatoms. The fourth-order valence-electron chi connectivity index (χ4n) is 14.2. The van der Waals surface area contributed by atoms with E-state index in [2.05, 4.69) is 58.3 Å². The van der Waals surface area contributed by atoms with E-state index in [-0.39, 0.29) is 67.0 Å². The minimum absolute atomic E-state index is 0.0134. The van der Waals surface area contributed by atoms with Gasteiger partial charge in [0.25, 0.3) is 11.1 Å². The summed E-state index contributed by atoms with van der Waals surface area (Å²) < 4.78 is 23.2. The van der Waals surface area contributed by atoms with E-state index in [0.717, 1.165) is 37.7 Å². The number of ketones is 1. The van der Waals surface area contributed by atoms with Gasteiger partial charge in [0.15, 0.2) is 5.78 Å². The maximum absolute atomic E-state index is 15.3. The molecule has 4 aromatic rings. The first-order valence-corrected chi connectivity index (χ1v) is 24.0. The van der Waals surface area contributed by atoms with Crippen molar-refractivity contribution in [3.8, 4) is 0 Å². The molecule has 374 valence electrons. The highest BCUT2D eigenvalue weighted by Gasteiger charge is 2.72. The van der Waals surface area contributed by atoms with Crippen molar-refractivity contribution in [2.45, 2.75) is 138 Å². The standard InChI is InChI=1S/C49H62N10O11/c1-44(2)34-9-12-49(7)39(32(60)19-30-31-20-46(4,41(65)68-8)14-13-45(31,3)15-16-48(30,49)6)47(34,5)21-33(69-37(63)26-58-24-28(52-54-58)22-56-17-10-35(61)50-42(56)66)40(44)70-38(64)27-59-25-29(53-55-59)23-57-18-11-36(62)51-43(57)67/h10-11,17-19,24-25,31,33-34,39-40H,9,12-16,20-23,26-27H2,1-8H3,(H,50,61,66)(H,51,62,67)/t31-,33-,34-,39+,40+,45+,46-,47-,48+,49+/m0/s1. The monoisotopic (exact) mass is 966 g/mol. The summed E-state index contributed by atoms with van der Waals surface area (Å²) in [4.78, 5) is 109. The number of carbonyl (C=O) groups is 4. The summed E-state index contributed by atoms with van der Waals surface area (Å²) in [5, 5.41) is 16.4. The SMILES string of the molecule is COC(=O)[C@@]1(C)CC[C@]2(C)CC[C@]3(C)C(=CC(=O)[C@@H]4[C@@]5(C)C[C@H](OC(=O)Cn6cc(Cn7ccc(=O)[nH]c7=O)nn6)[C@@H](OC(=O)Cn6cc(Cn7ccc(=O)[nH]c7=O)nn6)C(C)(C)[C@@H]5CC[C@]43C)[C@@H]2C1. The van der Waals surface area contributed by atoms with Gasteiger partial charge in [-0.25, -0.2) is 19.0 Å². The third-order valence-corrected chi connectivity index (χ3v) is 17.9. The zero-order chi connectivity index (χ0) is 50.3. The van der Waals surface area contributed by atoms with Crippen LogP contribution in [0.25, 0.3) is 0 Å². The second-order valence-corrected chi connectivity index (χ2v) is 22.5. The van der Waals surface area contributed by atoms with E-state index in [1.54, 1.807) is 0 Å². The number of hydrogen-bond donors (Lipinski definition) is 2. The minimum atomic E-state index is -1.02. The van der Waals surface area contributed by atoms with Crippen LogP contribution >= 0.6 is 0 Å². The quantitative estimate of drug-likeness (QED) is 0.162. The first-order valence-electron chi connectivity index (χ1n) is 24.0. The van der Waals surface area contributed by atoms with E-state index >= 15 is 4.79 Å². The molecule has 0 spiro atoms. The predicted molar refractivity (Wildman–Crippen MR) is 247 cm³/mol. The molecule has 0 unspecified atom stereocenters. The number of aromatic nitrogens is 10. The van der Waals surface area contributed by atoms with Crippen molar-refractivity contribution in [1.82, 2.24) is 49.1 Å². The number of allylic oxidation sites excluding steroid dienone is 2. The van der Waals surface area contributed by atoms with Crippen LogP contribution in [0.3, 0.4) is 0 Å². The van der Waals surface area contributed by atoms with Gasteiger partial charge < -0.3 is 14.2 Å². The van der Waals surface area contributed by atoms with Crippen molar-refractivity contribution >= 4 is 23.7 Å². The summed E-state index contributed by atoms with van der Waals surface area (Å²) in [5.74, 6) is -2.20. The number of fused-ring (bicyclic) bond motifs is 7. The third-order valence-electron chi connectivity index (χ3n) is 17.9. The number of nitrogens with one attached hydrogen (secondary N) is 2. The van der Waals surface area contributed by atoms with Crippen LogP contribution in [0.4, 0.5) is 0 Å². The average molecular weight is 967 g/mol. The largest absolute Gasteiger partial charge is 0.469 e. The molecule has 5 aliphatic rings. The molecule has 2 N–H and O–H groups in total. The number of aromatic amines is 2. The first kappa shape index (κ1) is 48.5. The van der Waals surface area contributed by atoms with E-state index < -0.39 is 74.2 Å². The number of nitrogens with zero attached hydrogens (tertiary/aromatic N) is 8. The molecule has 70 heavy (non-hydrogen) atoms. The molecular formula is C49H62N10O11. The van der Waals surface area contributed by atoms with Gasteiger partial charge in [0.2, 0.25) is 0 Å². The second-order valence-electron chi connectivity index (χ2n) is 22.5. The number of carbonyl (C=O) groups excluding carboxylic acids is 4. The number of methoxy groups -OCH3 is 1. The summed E-state index contributed by atoms with van der Waals surface area (Å²) >= 11 is 0. The van der Waals surface area contributed by atoms with Crippen molar-refractivity contribution in [3.05, 3.63) is 102 Å². The van der Waals surface area contributed by atoms with Crippen molar-refractivity contribution in [2.24, 2.45) is 50.2 Å². The normalized spacial score (nSPS) is 33.1. The van der Waals surface area contributed by atoms with Crippen LogP contribution < -0.4 is 22.5 Å². The van der Waals surface area contributed by atoms with Crippen LogP contribution in [0, 0.1) is 50.2 Å². The molecule has 0 aliphatic heterocycles. The zero-order valence-electron chi connectivity index (χ0n) is 41.0. The maximum Gasteiger partial charge on any atom is 0.328 e. The van der Waals surface area contributed by atoms with Crippen molar-refractivity contribution in [1.29, 1.82) is 0 Å². The van der Waals surface area contributed by atoms with Gasteiger partial charge in [-0.15, -0.1) is 10.2 Å². The fourth-order valence-corrected chi connectivity index (χ4v) is 14.2. The lowest BCUT2D eigenvalue weighted by Crippen LogP contribution is -2.69. The molecule has 0 aromatic carbocycles. The van der Waals surface area contributed by atoms with Crippen molar-refractivity contribution in [2.75, 3.05) is 7.11 Å². The van der Waals surface area contributed by atoms with Gasteiger partial charge in [-0.1, -0.05) is 57.5 Å². The molecule has 0 bridgehead atoms. The topological polar surface area (TPSA) is 267 Å². The Morgan fingerprint density at radius 2 is 1.29 bits per heavy atom. The number of rotatable bonds is 11. The summed E-state index contributed by atoms with van der Waals surface area (Å²) in [7, 11) is 1.44. The van der Waals surface area contributed by atoms with Gasteiger partial charge in [0, 0.05) is 35.9 Å². The molecule has 4 heterocycles. The smallest absolute Gasteiger partial charge is 0.328 e. The van der Waals surface area contributed by atoms with Crippen molar-refractivity contribution in [3.63, 3.8) is 0 Å². The number of hydrogen-bond acceptors (Lipinski definition) is 15. The van der Waals surface area contributed by atoms with Crippen LogP contribution in [0.15, 0.2) is 67.7 Å². The lowest BCUT2D eigenvalue weighted by atomic mass is 9.33. The highest BCUT2D eigenvalue weighted by Crippen LogP contribution is 2.75. The van der Waals surface area contributed by atoms with Crippen LogP contribution in [0.1, 0.15) is 111 Å². The summed E-state index contributed by atoms with van der Waals surface area (Å²) in [6.45, 7) is 14.3. The van der Waals surface area contributed by atoms with E-state index in [0.29, 0.717) is 24.2 Å². The Morgan fingerprint density at radius 3 is 1.84 bits per heavy atom. The summed E-state index contributed by atoms with van der Waals surface area (Å²) in [5.41, 5.74) is -3.75. The van der Waals surface area contributed by atoms with Crippen LogP contribution in [-0.4, -0.2) is 92.1 Å². The minimum Gasteiger partial charge on any atom is -0.469 e. The third kappa shape index (κ3) is 8.11. The maximum atomic E-state index is 15.3. The molecule has 4 aromatic heterocycles. The predicted octanol–water partition coefficient (Wildman–Crippen LogP) is 2.95. The van der Waals surface area contributed by atoms with Gasteiger partial charge in [-0.2, -0.15) is 0 Å². The summed E-state index contributed by atoms with van der Waals surface area (Å²) in [6.07, 6.45) is 11.2. The van der Waals surface area contributed by atoms with Crippen LogP contribution in [0.5, 0.6) is 0 Å². The number of esters is 3. The average Bonchev–Trinajstić information content (AvgIpc) is 3.93. The molecule has 4 fully saturated rings. The number of H-pyrrole nitrogens is 2. The van der Waals surface area contributed by atoms with Gasteiger partial charge in [0.1, 0.15) is 36.7 Å². The van der Waals surface area contributed by atoms with Gasteiger partial charge >= 0.3 is 29.3 Å². The van der Waals surface area contributed by atoms with Gasteiger partial charge in [-0.05, 0) is 97.9 Å². The molecule has 21 nitrogen and oxygen atoms in total. The molecule has 0 amide bonds. The highest BCUT2D eigenvalue weighted by molar-refractivity contribution is 5.96. The Kier molecular flexibility index (Phi) is 11.8. The van der Waals surface area contributed by atoms with Crippen molar-refractivity contribution < 1.29 is 33.4 Å². The van der Waals surface area contributed by atoms with E-state index in [4.69, 9.17) is 14.2 Å². The Balaban J connectivity index is 1.02. The molecule has 0 saturated heterocycles. The Labute approximate surface area is 402 Å². The lowest BCUT2D eigenvalue weighted by Gasteiger charge is -2.71. The van der Waals surface area contributed by atoms with E-state index in [1.807, 2.05) is 26.8 Å². The summed E-state index contributed by atoms with van der Waals surface area (Å²) in [6, 6.07) is 2.42. The van der Waals surface area contributed by atoms with Gasteiger partial charge in [-0.3, -0.25) is 47.9 Å². The second kappa shape index (κ2) is 17.1. The molecule has 4 saturated carbocycles. The highest BCUT2D eigenvalue weighted by atomic mass is 16.6. The zero-order valence-corrected chi connectivity index (χ0v) is 41.0. The number of ether oxygens (including phenoxy) is 3. The van der Waals surface area contributed by atoms with Crippen LogP contribution in [-0.2, 0) is 59.6 Å². The van der Waals surface area contributed by atoms with E-state index in [9.17, 15) is 33.6 Å². The van der Waals surface area contributed by atoms with Crippen LogP contribution in [0.2, 0.25) is 0 Å². The Bertz CT molecular complexity index is 3050.